The Labute approximate surface area is 117 Å². The zero-order chi connectivity index (χ0) is 14.3. The van der Waals surface area contributed by atoms with E-state index in [9.17, 15) is 4.79 Å². The Morgan fingerprint density at radius 1 is 1.53 bits per heavy atom. The number of hydrogen-bond acceptors (Lipinski definition) is 6. The second-order valence-corrected chi connectivity index (χ2v) is 5.70. The predicted octanol–water partition coefficient (Wildman–Crippen LogP) is 1.02. The molecule has 0 aliphatic rings. The van der Waals surface area contributed by atoms with Gasteiger partial charge in [-0.15, -0.1) is 5.10 Å². The van der Waals surface area contributed by atoms with E-state index in [-0.39, 0.29) is 0 Å². The summed E-state index contributed by atoms with van der Waals surface area (Å²) in [7, 11) is 0. The molecule has 8 heteroatoms. The second-order valence-electron chi connectivity index (χ2n) is 4.53. The molecular weight excluding hydrogens is 266 g/mol. The first-order chi connectivity index (χ1) is 9.04. The van der Waals surface area contributed by atoms with Gasteiger partial charge in [-0.1, -0.05) is 39.0 Å². The zero-order valence-electron chi connectivity index (χ0n) is 11.5. The van der Waals surface area contributed by atoms with Crippen molar-refractivity contribution in [3.63, 3.8) is 0 Å². The highest BCUT2D eigenvalue weighted by Gasteiger charge is 2.21. The third kappa shape index (κ3) is 5.56. The van der Waals surface area contributed by atoms with Crippen molar-refractivity contribution in [1.82, 2.24) is 25.5 Å². The predicted molar refractivity (Wildman–Crippen MR) is 73.1 cm³/mol. The highest BCUT2D eigenvalue weighted by atomic mass is 32.2. The van der Waals surface area contributed by atoms with E-state index in [1.807, 2.05) is 6.92 Å². The van der Waals surface area contributed by atoms with Gasteiger partial charge < -0.3 is 10.4 Å². The van der Waals surface area contributed by atoms with Crippen LogP contribution in [-0.2, 0) is 11.3 Å². The SMILES string of the molecule is CCCC(Sc1nnnn1CCNC(C)C)C(=O)O. The average Bonchev–Trinajstić information content (AvgIpc) is 2.75. The minimum Gasteiger partial charge on any atom is -0.480 e. The maximum absolute atomic E-state index is 11.1. The molecule has 0 saturated carbocycles. The molecule has 1 rings (SSSR count). The molecule has 1 aromatic heterocycles. The van der Waals surface area contributed by atoms with Crippen LogP contribution >= 0.6 is 11.8 Å². The number of aliphatic carboxylic acids is 1. The molecule has 1 atom stereocenters. The third-order valence-corrected chi connectivity index (χ3v) is 3.67. The van der Waals surface area contributed by atoms with Crippen molar-refractivity contribution < 1.29 is 9.90 Å². The second kappa shape index (κ2) is 8.11. The first-order valence-electron chi connectivity index (χ1n) is 6.43. The fourth-order valence-electron chi connectivity index (χ4n) is 1.50. The van der Waals surface area contributed by atoms with Crippen molar-refractivity contribution in [1.29, 1.82) is 0 Å². The molecule has 0 bridgehead atoms. The molecule has 2 N–H and O–H groups in total. The molecule has 1 aromatic rings. The molecule has 0 aromatic carbocycles. The molecule has 0 spiro atoms. The van der Waals surface area contributed by atoms with Crippen LogP contribution in [0.3, 0.4) is 0 Å². The van der Waals surface area contributed by atoms with Crippen LogP contribution in [0, 0.1) is 0 Å². The van der Waals surface area contributed by atoms with Crippen LogP contribution in [-0.4, -0.2) is 49.1 Å². The average molecular weight is 287 g/mol. The first-order valence-corrected chi connectivity index (χ1v) is 7.31. The fourth-order valence-corrected chi connectivity index (χ4v) is 2.54. The van der Waals surface area contributed by atoms with Crippen molar-refractivity contribution in [3.05, 3.63) is 0 Å². The summed E-state index contributed by atoms with van der Waals surface area (Å²) >= 11 is 1.21. The monoisotopic (exact) mass is 287 g/mol. The zero-order valence-corrected chi connectivity index (χ0v) is 12.4. The lowest BCUT2D eigenvalue weighted by Gasteiger charge is -2.11. The summed E-state index contributed by atoms with van der Waals surface area (Å²) in [6.45, 7) is 7.48. The van der Waals surface area contributed by atoms with Crippen LogP contribution in [0.25, 0.3) is 0 Å². The van der Waals surface area contributed by atoms with Gasteiger partial charge in [-0.3, -0.25) is 4.79 Å². The van der Waals surface area contributed by atoms with E-state index >= 15 is 0 Å². The quantitative estimate of drug-likeness (QED) is 0.655. The Hall–Kier alpha value is -1.15. The van der Waals surface area contributed by atoms with Gasteiger partial charge in [0.1, 0.15) is 5.25 Å². The number of nitrogens with one attached hydrogen (secondary N) is 1. The lowest BCUT2D eigenvalue weighted by Crippen LogP contribution is -2.27. The van der Waals surface area contributed by atoms with Crippen LogP contribution in [0.2, 0.25) is 0 Å². The number of rotatable bonds is 9. The van der Waals surface area contributed by atoms with Crippen LogP contribution < -0.4 is 5.32 Å². The first kappa shape index (κ1) is 15.9. The van der Waals surface area contributed by atoms with Crippen molar-refractivity contribution >= 4 is 17.7 Å². The molecule has 7 nitrogen and oxygen atoms in total. The largest absolute Gasteiger partial charge is 0.480 e. The Morgan fingerprint density at radius 3 is 2.84 bits per heavy atom. The molecular formula is C11H21N5O2S. The van der Waals surface area contributed by atoms with Crippen molar-refractivity contribution in [3.8, 4) is 0 Å². The van der Waals surface area contributed by atoms with E-state index in [1.165, 1.54) is 11.8 Å². The Kier molecular flexibility index (Phi) is 6.79. The standard InChI is InChI=1S/C11H21N5O2S/c1-4-5-9(10(17)18)19-11-13-14-15-16(11)7-6-12-8(2)3/h8-9,12H,4-7H2,1-3H3,(H,17,18). The summed E-state index contributed by atoms with van der Waals surface area (Å²) < 4.78 is 1.64. The van der Waals surface area contributed by atoms with E-state index in [1.54, 1.807) is 4.68 Å². The summed E-state index contributed by atoms with van der Waals surface area (Å²) in [5.41, 5.74) is 0. The summed E-state index contributed by atoms with van der Waals surface area (Å²) in [5, 5.41) is 23.9. The number of thioether (sulfide) groups is 1. The molecule has 0 aliphatic carbocycles. The molecule has 1 heterocycles. The Bertz CT molecular complexity index is 396. The van der Waals surface area contributed by atoms with Gasteiger partial charge in [-0.05, 0) is 16.8 Å². The maximum Gasteiger partial charge on any atom is 0.317 e. The van der Waals surface area contributed by atoms with Crippen molar-refractivity contribution in [2.45, 2.75) is 56.6 Å². The minimum atomic E-state index is -0.818. The topological polar surface area (TPSA) is 92.9 Å². The van der Waals surface area contributed by atoms with Gasteiger partial charge in [0.05, 0.1) is 6.54 Å². The molecule has 0 saturated heterocycles. The van der Waals surface area contributed by atoms with Gasteiger partial charge in [0.2, 0.25) is 5.16 Å². The summed E-state index contributed by atoms with van der Waals surface area (Å²) in [6, 6.07) is 0.402. The molecule has 1 unspecified atom stereocenters. The van der Waals surface area contributed by atoms with E-state index in [0.717, 1.165) is 13.0 Å². The number of nitrogens with zero attached hydrogens (tertiary/aromatic N) is 4. The van der Waals surface area contributed by atoms with Crippen molar-refractivity contribution in [2.24, 2.45) is 0 Å². The van der Waals surface area contributed by atoms with Crippen molar-refractivity contribution in [2.75, 3.05) is 6.54 Å². The van der Waals surface area contributed by atoms with E-state index in [4.69, 9.17) is 5.11 Å². The van der Waals surface area contributed by atoms with Crippen LogP contribution in [0.5, 0.6) is 0 Å². The third-order valence-electron chi connectivity index (χ3n) is 2.45. The summed E-state index contributed by atoms with van der Waals surface area (Å²) in [6.07, 6.45) is 1.43. The van der Waals surface area contributed by atoms with Gasteiger partial charge >= 0.3 is 5.97 Å². The van der Waals surface area contributed by atoms with Crippen LogP contribution in [0.1, 0.15) is 33.6 Å². The maximum atomic E-state index is 11.1. The molecule has 0 radical (unpaired) electrons. The van der Waals surface area contributed by atoms with E-state index < -0.39 is 11.2 Å². The number of hydrogen-bond donors (Lipinski definition) is 2. The smallest absolute Gasteiger partial charge is 0.317 e. The lowest BCUT2D eigenvalue weighted by molar-refractivity contribution is -0.136. The van der Waals surface area contributed by atoms with E-state index in [2.05, 4.69) is 34.7 Å². The Morgan fingerprint density at radius 2 is 2.26 bits per heavy atom. The number of aromatic nitrogens is 4. The van der Waals surface area contributed by atoms with Gasteiger partial charge in [0, 0.05) is 12.6 Å². The normalized spacial score (nSPS) is 12.8. The highest BCUT2D eigenvalue weighted by molar-refractivity contribution is 8.00. The number of carboxylic acid groups (broad SMARTS) is 1. The number of tetrazole rings is 1. The lowest BCUT2D eigenvalue weighted by atomic mass is 10.2. The molecule has 108 valence electrons. The van der Waals surface area contributed by atoms with Gasteiger partial charge in [0.15, 0.2) is 0 Å². The summed E-state index contributed by atoms with van der Waals surface area (Å²) in [5.74, 6) is -0.818. The van der Waals surface area contributed by atoms with Crippen LogP contribution in [0.4, 0.5) is 0 Å². The Balaban J connectivity index is 2.58. The number of carboxylic acids is 1. The molecule has 0 amide bonds. The molecule has 0 aliphatic heterocycles. The van der Waals surface area contributed by atoms with Gasteiger partial charge in [-0.25, -0.2) is 4.68 Å². The minimum absolute atomic E-state index is 0.402. The number of carbonyl (C=O) groups is 1. The van der Waals surface area contributed by atoms with Gasteiger partial charge in [0.25, 0.3) is 0 Å². The van der Waals surface area contributed by atoms with Crippen LogP contribution in [0.15, 0.2) is 5.16 Å². The molecule has 0 fully saturated rings. The van der Waals surface area contributed by atoms with E-state index in [0.29, 0.717) is 24.2 Å². The van der Waals surface area contributed by atoms with Gasteiger partial charge in [-0.2, -0.15) is 0 Å². The summed E-state index contributed by atoms with van der Waals surface area (Å²) in [4.78, 5) is 11.1. The highest BCUT2D eigenvalue weighted by Crippen LogP contribution is 2.23. The fraction of sp³-hybridized carbons (Fsp3) is 0.818. The molecule has 19 heavy (non-hydrogen) atoms.